The lowest BCUT2D eigenvalue weighted by molar-refractivity contribution is -0.141. The molecule has 17 heteroatoms. The number of unbranched alkanes of at least 4 members (excludes halogenated alkanes) is 1. The first-order chi connectivity index (χ1) is 23.0. The Bertz CT molecular complexity index is 1500. The molecule has 2 aromatic rings. The largest absolute Gasteiger partial charge is 0.479 e. The van der Waals surface area contributed by atoms with Gasteiger partial charge < -0.3 is 50.8 Å². The number of aliphatic carboxylic acids is 3. The Balaban J connectivity index is 1.31. The predicted octanol–water partition coefficient (Wildman–Crippen LogP) is 1.32. The first-order valence-electron chi connectivity index (χ1n) is 15.1. The zero-order valence-electron chi connectivity index (χ0n) is 25.7. The van der Waals surface area contributed by atoms with Crippen LogP contribution in [0.5, 0.6) is 17.2 Å². The normalized spacial score (nSPS) is 17.8. The number of amides is 4. The number of carbonyl (C=O) groups is 6. The Labute approximate surface area is 278 Å². The number of nitrogens with one attached hydrogen (secondary N) is 4. The zero-order valence-corrected chi connectivity index (χ0v) is 26.5. The minimum absolute atomic E-state index is 0.122. The summed E-state index contributed by atoms with van der Waals surface area (Å²) in [6, 6.07) is 9.21. The summed E-state index contributed by atoms with van der Waals surface area (Å²) >= 11 is 1.83. The van der Waals surface area contributed by atoms with Crippen LogP contribution in [0, 0.1) is 0 Å². The van der Waals surface area contributed by atoms with Gasteiger partial charge in [-0.1, -0.05) is 18.6 Å². The van der Waals surface area contributed by atoms with E-state index in [0.717, 1.165) is 18.6 Å². The van der Waals surface area contributed by atoms with Crippen molar-refractivity contribution in [3.8, 4) is 28.4 Å². The molecule has 0 bridgehead atoms. The van der Waals surface area contributed by atoms with Gasteiger partial charge in [0.25, 0.3) is 5.91 Å². The van der Waals surface area contributed by atoms with Crippen molar-refractivity contribution < 1.29 is 58.3 Å². The highest BCUT2D eigenvalue weighted by atomic mass is 32.2. The lowest BCUT2D eigenvalue weighted by Crippen LogP contribution is -2.36. The zero-order chi connectivity index (χ0) is 34.6. The highest BCUT2D eigenvalue weighted by molar-refractivity contribution is 8.00. The van der Waals surface area contributed by atoms with E-state index in [2.05, 4.69) is 21.3 Å². The Kier molecular flexibility index (Phi) is 12.7. The van der Waals surface area contributed by atoms with Crippen molar-refractivity contribution in [2.75, 3.05) is 38.7 Å². The van der Waals surface area contributed by atoms with Crippen LogP contribution in [0.2, 0.25) is 0 Å². The quantitative estimate of drug-likeness (QED) is 0.0815. The predicted molar refractivity (Wildman–Crippen MR) is 171 cm³/mol. The minimum atomic E-state index is -1.35. The molecular formula is C31H36N4O12S. The maximum Gasteiger partial charge on any atom is 0.341 e. The van der Waals surface area contributed by atoms with Crippen LogP contribution in [0.4, 0.5) is 4.79 Å². The molecule has 7 N–H and O–H groups in total. The monoisotopic (exact) mass is 688 g/mol. The Morgan fingerprint density at radius 2 is 1.46 bits per heavy atom. The number of rotatable bonds is 19. The third-order valence-corrected chi connectivity index (χ3v) is 8.84. The summed E-state index contributed by atoms with van der Waals surface area (Å²) < 4.78 is 15.8. The lowest BCUT2D eigenvalue weighted by atomic mass is 10.0. The Hall–Kier alpha value is -5.19. The molecule has 4 amide bonds. The lowest BCUT2D eigenvalue weighted by Gasteiger charge is -2.17. The van der Waals surface area contributed by atoms with Gasteiger partial charge in [0.1, 0.15) is 0 Å². The number of hydrogen-bond donors (Lipinski definition) is 7. The summed E-state index contributed by atoms with van der Waals surface area (Å²) in [4.78, 5) is 70.1. The third-order valence-electron chi connectivity index (χ3n) is 7.33. The van der Waals surface area contributed by atoms with Gasteiger partial charge in [0.2, 0.25) is 11.7 Å². The summed E-state index contributed by atoms with van der Waals surface area (Å²) in [5.74, 6) is -4.42. The molecule has 2 heterocycles. The number of thioether (sulfide) groups is 1. The van der Waals surface area contributed by atoms with Crippen LogP contribution in [0.1, 0.15) is 36.0 Å². The molecule has 2 fully saturated rings. The summed E-state index contributed by atoms with van der Waals surface area (Å²) in [6.07, 6.45) is 2.82. The third kappa shape index (κ3) is 10.4. The van der Waals surface area contributed by atoms with Crippen LogP contribution in [0.25, 0.3) is 11.1 Å². The molecule has 4 rings (SSSR count). The van der Waals surface area contributed by atoms with E-state index in [4.69, 9.17) is 29.5 Å². The summed E-state index contributed by atoms with van der Waals surface area (Å²) in [6.45, 7) is -2.09. The molecule has 2 aromatic carbocycles. The van der Waals surface area contributed by atoms with Crippen molar-refractivity contribution in [3.05, 3.63) is 42.0 Å². The molecule has 258 valence electrons. The maximum absolute atomic E-state index is 12.9. The standard InChI is InChI=1S/C31H36N4O12S/c36-24(7-2-1-6-23-28-20(16-48-23)34-31(44)35-28)32-8-9-33-30(43)18-5-3-4-17(10-18)19-11-21(45-13-25(37)38)29(47-15-27(41)42)22(12-19)46-14-26(39)40/h3-5,10-12,20,23,28H,1-2,6-9,13-16H2,(H,32,36)(H,33,43)(H,37,38)(H,39,40)(H,41,42)(H2,34,35,44)/t20-,23-,28-/m0/s1. The molecule has 2 saturated heterocycles. The number of urea groups is 1. The van der Waals surface area contributed by atoms with Gasteiger partial charge in [0, 0.05) is 36.1 Å². The van der Waals surface area contributed by atoms with Gasteiger partial charge in [-0.2, -0.15) is 11.8 Å². The maximum atomic E-state index is 12.9. The second kappa shape index (κ2) is 17.1. The number of benzene rings is 2. The van der Waals surface area contributed by atoms with E-state index < -0.39 is 43.6 Å². The van der Waals surface area contributed by atoms with Gasteiger partial charge in [0.15, 0.2) is 31.3 Å². The number of hydrogen-bond acceptors (Lipinski definition) is 10. The fourth-order valence-electron chi connectivity index (χ4n) is 5.20. The summed E-state index contributed by atoms with van der Waals surface area (Å²) in [5.41, 5.74) is 1.03. The van der Waals surface area contributed by atoms with E-state index >= 15 is 0 Å². The van der Waals surface area contributed by atoms with Crippen LogP contribution in [0.15, 0.2) is 36.4 Å². The average Bonchev–Trinajstić information content (AvgIpc) is 3.60. The van der Waals surface area contributed by atoms with Gasteiger partial charge in [-0.25, -0.2) is 19.2 Å². The second-order valence-corrected chi connectivity index (χ2v) is 12.2. The number of carboxylic acid groups (broad SMARTS) is 3. The number of fused-ring (bicyclic) bond motifs is 1. The molecule has 0 saturated carbocycles. The smallest absolute Gasteiger partial charge is 0.341 e. The molecule has 2 aliphatic heterocycles. The van der Waals surface area contributed by atoms with E-state index in [9.17, 15) is 28.8 Å². The average molecular weight is 689 g/mol. The highest BCUT2D eigenvalue weighted by Crippen LogP contribution is 2.42. The molecule has 0 aromatic heterocycles. The van der Waals surface area contributed by atoms with E-state index in [0.29, 0.717) is 29.2 Å². The van der Waals surface area contributed by atoms with Gasteiger partial charge in [-0.15, -0.1) is 0 Å². The van der Waals surface area contributed by atoms with Crippen LogP contribution in [0.3, 0.4) is 0 Å². The summed E-state index contributed by atoms with van der Waals surface area (Å²) in [7, 11) is 0. The van der Waals surface area contributed by atoms with E-state index in [1.54, 1.807) is 18.2 Å². The van der Waals surface area contributed by atoms with Crippen LogP contribution >= 0.6 is 11.8 Å². The van der Waals surface area contributed by atoms with Crippen LogP contribution in [-0.4, -0.2) is 107 Å². The minimum Gasteiger partial charge on any atom is -0.479 e. The Morgan fingerprint density at radius 3 is 2.12 bits per heavy atom. The topological polar surface area (TPSA) is 239 Å². The fraction of sp³-hybridized carbons (Fsp3) is 0.419. The summed E-state index contributed by atoms with van der Waals surface area (Å²) in [5, 5.41) is 39.0. The van der Waals surface area contributed by atoms with Crippen molar-refractivity contribution >= 4 is 47.5 Å². The molecule has 16 nitrogen and oxygen atoms in total. The SMILES string of the molecule is O=C(O)COc1cc(-c2cccc(C(=O)NCCNC(=O)CCCC[C@@H]3SC[C@@H]4NC(=O)N[C@@H]43)c2)cc(OCC(=O)O)c1OCC(=O)O. The van der Waals surface area contributed by atoms with Gasteiger partial charge in [-0.05, 0) is 48.2 Å². The number of carbonyl (C=O) groups excluding carboxylic acids is 3. The Morgan fingerprint density at radius 1 is 0.812 bits per heavy atom. The number of ether oxygens (including phenoxy) is 3. The molecule has 0 spiro atoms. The molecular weight excluding hydrogens is 652 g/mol. The van der Waals surface area contributed by atoms with E-state index in [1.807, 2.05) is 11.8 Å². The van der Waals surface area contributed by atoms with E-state index in [1.165, 1.54) is 18.2 Å². The molecule has 0 radical (unpaired) electrons. The second-order valence-electron chi connectivity index (χ2n) is 10.9. The van der Waals surface area contributed by atoms with Crippen molar-refractivity contribution in [2.24, 2.45) is 0 Å². The van der Waals surface area contributed by atoms with Crippen molar-refractivity contribution in [1.82, 2.24) is 21.3 Å². The highest BCUT2D eigenvalue weighted by Gasteiger charge is 2.42. The first kappa shape index (κ1) is 35.7. The van der Waals surface area contributed by atoms with E-state index in [-0.39, 0.29) is 59.9 Å². The van der Waals surface area contributed by atoms with Crippen molar-refractivity contribution in [1.29, 1.82) is 0 Å². The van der Waals surface area contributed by atoms with Crippen LogP contribution in [-0.2, 0) is 19.2 Å². The van der Waals surface area contributed by atoms with Gasteiger partial charge in [-0.3, -0.25) is 9.59 Å². The molecule has 48 heavy (non-hydrogen) atoms. The van der Waals surface area contributed by atoms with Gasteiger partial charge >= 0.3 is 23.9 Å². The van der Waals surface area contributed by atoms with Crippen LogP contribution < -0.4 is 35.5 Å². The molecule has 3 atom stereocenters. The number of carboxylic acids is 3. The fourth-order valence-corrected chi connectivity index (χ4v) is 6.74. The first-order valence-corrected chi connectivity index (χ1v) is 16.1. The molecule has 0 unspecified atom stereocenters. The van der Waals surface area contributed by atoms with Crippen molar-refractivity contribution in [2.45, 2.75) is 43.0 Å². The van der Waals surface area contributed by atoms with Crippen molar-refractivity contribution in [3.63, 3.8) is 0 Å². The van der Waals surface area contributed by atoms with Gasteiger partial charge in [0.05, 0.1) is 12.1 Å². The molecule has 2 aliphatic rings. The molecule has 0 aliphatic carbocycles.